The van der Waals surface area contributed by atoms with Crippen molar-refractivity contribution in [2.75, 3.05) is 5.32 Å². The van der Waals surface area contributed by atoms with Crippen LogP contribution in [0.4, 0.5) is 5.82 Å². The van der Waals surface area contributed by atoms with E-state index in [1.807, 2.05) is 0 Å². The summed E-state index contributed by atoms with van der Waals surface area (Å²) in [6, 6.07) is 10.2. The van der Waals surface area contributed by atoms with Crippen LogP contribution in [0.1, 0.15) is 10.6 Å². The van der Waals surface area contributed by atoms with Gasteiger partial charge < -0.3 is 23.0 Å². The third-order valence-corrected chi connectivity index (χ3v) is 3.98. The summed E-state index contributed by atoms with van der Waals surface area (Å²) in [7, 11) is 0. The van der Waals surface area contributed by atoms with E-state index in [1.165, 1.54) is 12.6 Å². The summed E-state index contributed by atoms with van der Waals surface area (Å²) < 4.78 is 22.1. The second kappa shape index (κ2) is 6.03. The van der Waals surface area contributed by atoms with Gasteiger partial charge in [-0.25, -0.2) is 9.97 Å². The molecule has 27 heavy (non-hydrogen) atoms. The molecule has 0 radical (unpaired) electrons. The smallest absolute Gasteiger partial charge is 0.292 e. The minimum Gasteiger partial charge on any atom is -0.464 e. The number of nitrogens with one attached hydrogen (secondary N) is 1. The lowest BCUT2D eigenvalue weighted by atomic mass is 10.1. The number of carbonyl (C=O) groups excluding carboxylic acids is 1. The summed E-state index contributed by atoms with van der Waals surface area (Å²) in [5.41, 5.74) is 0.873. The fourth-order valence-corrected chi connectivity index (χ4v) is 2.84. The lowest BCUT2D eigenvalue weighted by Crippen LogP contribution is -2.12. The van der Waals surface area contributed by atoms with Gasteiger partial charge in [-0.3, -0.25) is 4.79 Å². The van der Waals surface area contributed by atoms with Crippen molar-refractivity contribution >= 4 is 22.8 Å². The van der Waals surface area contributed by atoms with Crippen molar-refractivity contribution in [3.63, 3.8) is 0 Å². The summed E-state index contributed by atoms with van der Waals surface area (Å²) in [5.74, 6) is 1.46. The van der Waals surface area contributed by atoms with Gasteiger partial charge in [-0.05, 0) is 36.4 Å². The standard InChI is InChI=1S/C19H11N3O5/c23-18(13-6-3-9-26-13)22-17-15-14(11-4-1-7-24-11)16(12-5-2-8-25-12)27-19(15)21-10-20-17/h1-10H,(H,20,21,22,23). The Morgan fingerprint density at radius 3 is 2.33 bits per heavy atom. The maximum Gasteiger partial charge on any atom is 0.292 e. The van der Waals surface area contributed by atoms with E-state index in [0.29, 0.717) is 28.2 Å². The Hall–Kier alpha value is -4.07. The molecule has 132 valence electrons. The molecule has 1 N–H and O–H groups in total. The molecule has 0 aliphatic rings. The Morgan fingerprint density at radius 1 is 0.889 bits per heavy atom. The zero-order valence-corrected chi connectivity index (χ0v) is 13.7. The molecule has 5 aromatic rings. The molecule has 0 fully saturated rings. The fraction of sp³-hybridized carbons (Fsp3) is 0. The molecule has 0 atom stereocenters. The number of amides is 1. The Labute approximate surface area is 151 Å². The second-order valence-electron chi connectivity index (χ2n) is 5.59. The topological polar surface area (TPSA) is 107 Å². The van der Waals surface area contributed by atoms with Gasteiger partial charge >= 0.3 is 0 Å². The highest BCUT2D eigenvalue weighted by atomic mass is 16.4. The van der Waals surface area contributed by atoms with Crippen LogP contribution in [0.25, 0.3) is 33.9 Å². The fourth-order valence-electron chi connectivity index (χ4n) is 2.84. The molecule has 5 aromatic heterocycles. The highest BCUT2D eigenvalue weighted by Crippen LogP contribution is 2.42. The van der Waals surface area contributed by atoms with Crippen molar-refractivity contribution in [1.82, 2.24) is 9.97 Å². The summed E-state index contributed by atoms with van der Waals surface area (Å²) in [6.45, 7) is 0. The van der Waals surface area contributed by atoms with Crippen molar-refractivity contribution in [3.05, 3.63) is 67.3 Å². The summed E-state index contributed by atoms with van der Waals surface area (Å²) in [6.07, 6.45) is 5.82. The number of hydrogen-bond acceptors (Lipinski definition) is 7. The average Bonchev–Trinajstić information content (AvgIpc) is 3.49. The molecule has 0 saturated heterocycles. The molecule has 5 rings (SSSR count). The van der Waals surface area contributed by atoms with Crippen LogP contribution < -0.4 is 5.32 Å². The van der Waals surface area contributed by atoms with Gasteiger partial charge in [0, 0.05) is 0 Å². The highest BCUT2D eigenvalue weighted by molar-refractivity contribution is 6.10. The van der Waals surface area contributed by atoms with E-state index in [1.54, 1.807) is 48.9 Å². The first kappa shape index (κ1) is 15.2. The van der Waals surface area contributed by atoms with Crippen LogP contribution in [0.2, 0.25) is 0 Å². The van der Waals surface area contributed by atoms with E-state index in [2.05, 4.69) is 15.3 Å². The first-order valence-corrected chi connectivity index (χ1v) is 8.01. The third-order valence-electron chi connectivity index (χ3n) is 3.98. The van der Waals surface area contributed by atoms with Crippen LogP contribution >= 0.6 is 0 Å². The van der Waals surface area contributed by atoms with Crippen LogP contribution in [0.5, 0.6) is 0 Å². The van der Waals surface area contributed by atoms with E-state index < -0.39 is 5.91 Å². The normalized spacial score (nSPS) is 11.1. The number of hydrogen-bond donors (Lipinski definition) is 1. The molecular weight excluding hydrogens is 350 g/mol. The maximum atomic E-state index is 12.4. The Bertz CT molecular complexity index is 1200. The molecule has 0 spiro atoms. The number of carbonyl (C=O) groups is 1. The van der Waals surface area contributed by atoms with Gasteiger partial charge in [-0.2, -0.15) is 0 Å². The molecule has 5 heterocycles. The maximum absolute atomic E-state index is 12.4. The van der Waals surface area contributed by atoms with Crippen molar-refractivity contribution in [2.24, 2.45) is 0 Å². The zero-order chi connectivity index (χ0) is 18.2. The lowest BCUT2D eigenvalue weighted by Gasteiger charge is -2.04. The minimum atomic E-state index is -0.439. The zero-order valence-electron chi connectivity index (χ0n) is 13.7. The first-order chi connectivity index (χ1) is 13.3. The summed E-state index contributed by atoms with van der Waals surface area (Å²) in [5, 5.41) is 3.23. The number of nitrogens with zero attached hydrogens (tertiary/aromatic N) is 2. The molecule has 0 aromatic carbocycles. The van der Waals surface area contributed by atoms with Gasteiger partial charge in [0.05, 0.1) is 29.7 Å². The second-order valence-corrected chi connectivity index (χ2v) is 5.59. The van der Waals surface area contributed by atoms with Crippen LogP contribution in [0.15, 0.2) is 79.2 Å². The number of furan rings is 4. The monoisotopic (exact) mass is 361 g/mol. The van der Waals surface area contributed by atoms with Gasteiger partial charge in [0.1, 0.15) is 17.9 Å². The van der Waals surface area contributed by atoms with E-state index in [4.69, 9.17) is 17.7 Å². The van der Waals surface area contributed by atoms with Crippen molar-refractivity contribution in [3.8, 4) is 22.8 Å². The quantitative estimate of drug-likeness (QED) is 0.499. The Morgan fingerprint density at radius 2 is 1.63 bits per heavy atom. The molecule has 0 aliphatic carbocycles. The van der Waals surface area contributed by atoms with Crippen molar-refractivity contribution in [2.45, 2.75) is 0 Å². The SMILES string of the molecule is O=C(Nc1ncnc2oc(-c3ccco3)c(-c3ccco3)c12)c1ccco1. The van der Waals surface area contributed by atoms with Crippen LogP contribution in [-0.2, 0) is 0 Å². The van der Waals surface area contributed by atoms with Crippen LogP contribution in [0, 0.1) is 0 Å². The molecule has 8 heteroatoms. The minimum absolute atomic E-state index is 0.163. The molecule has 0 saturated carbocycles. The number of rotatable bonds is 4. The number of fused-ring (bicyclic) bond motifs is 1. The number of aromatic nitrogens is 2. The van der Waals surface area contributed by atoms with E-state index in [9.17, 15) is 4.79 Å². The Balaban J connectivity index is 1.72. The average molecular weight is 361 g/mol. The molecule has 0 unspecified atom stereocenters. The third kappa shape index (κ3) is 2.51. The predicted octanol–water partition coefficient (Wildman–Crippen LogP) is 4.59. The largest absolute Gasteiger partial charge is 0.464 e. The van der Waals surface area contributed by atoms with Gasteiger partial charge in [0.15, 0.2) is 17.3 Å². The molecule has 0 bridgehead atoms. The summed E-state index contributed by atoms with van der Waals surface area (Å²) in [4.78, 5) is 20.8. The first-order valence-electron chi connectivity index (χ1n) is 8.01. The highest BCUT2D eigenvalue weighted by Gasteiger charge is 2.26. The van der Waals surface area contributed by atoms with E-state index in [-0.39, 0.29) is 17.3 Å². The van der Waals surface area contributed by atoms with E-state index >= 15 is 0 Å². The van der Waals surface area contributed by atoms with Gasteiger partial charge in [0.2, 0.25) is 5.71 Å². The van der Waals surface area contributed by atoms with E-state index in [0.717, 1.165) is 0 Å². The Kier molecular flexibility index (Phi) is 3.39. The van der Waals surface area contributed by atoms with Crippen molar-refractivity contribution < 1.29 is 22.5 Å². The van der Waals surface area contributed by atoms with Gasteiger partial charge in [-0.15, -0.1) is 0 Å². The lowest BCUT2D eigenvalue weighted by molar-refractivity contribution is 0.0996. The van der Waals surface area contributed by atoms with Gasteiger partial charge in [-0.1, -0.05) is 0 Å². The molecule has 1 amide bonds. The summed E-state index contributed by atoms with van der Waals surface area (Å²) >= 11 is 0. The molecule has 0 aliphatic heterocycles. The number of anilines is 1. The van der Waals surface area contributed by atoms with Crippen LogP contribution in [0.3, 0.4) is 0 Å². The predicted molar refractivity (Wildman–Crippen MR) is 93.9 cm³/mol. The van der Waals surface area contributed by atoms with Crippen LogP contribution in [-0.4, -0.2) is 15.9 Å². The van der Waals surface area contributed by atoms with Gasteiger partial charge in [0.25, 0.3) is 5.91 Å². The molecule has 8 nitrogen and oxygen atoms in total. The van der Waals surface area contributed by atoms with Crippen molar-refractivity contribution in [1.29, 1.82) is 0 Å². The molecular formula is C19H11N3O5.